The van der Waals surface area contributed by atoms with E-state index in [0.717, 1.165) is 17.0 Å². The molecule has 0 fully saturated rings. The minimum atomic E-state index is 0.0126. The summed E-state index contributed by atoms with van der Waals surface area (Å²) in [7, 11) is 1.76. The van der Waals surface area contributed by atoms with E-state index in [9.17, 15) is 4.79 Å². The third kappa shape index (κ3) is 2.20. The van der Waals surface area contributed by atoms with Crippen LogP contribution in [0.4, 0.5) is 0 Å². The zero-order valence-corrected chi connectivity index (χ0v) is 11.4. The van der Waals surface area contributed by atoms with Crippen LogP contribution in [0.15, 0.2) is 16.7 Å². The van der Waals surface area contributed by atoms with Crippen molar-refractivity contribution < 1.29 is 9.21 Å². The van der Waals surface area contributed by atoms with E-state index in [2.05, 4.69) is 5.10 Å². The van der Waals surface area contributed by atoms with Crippen LogP contribution in [0.3, 0.4) is 0 Å². The van der Waals surface area contributed by atoms with Gasteiger partial charge in [-0.15, -0.1) is 0 Å². The number of carbonyl (C=O) groups is 1. The maximum Gasteiger partial charge on any atom is 0.170 e. The molecule has 0 N–H and O–H groups in total. The van der Waals surface area contributed by atoms with E-state index < -0.39 is 0 Å². The Hall–Kier alpha value is -1.55. The summed E-state index contributed by atoms with van der Waals surface area (Å²) >= 11 is 6.12. The highest BCUT2D eigenvalue weighted by atomic mass is 35.5. The van der Waals surface area contributed by atoms with Crippen LogP contribution in [0, 0.1) is 6.92 Å². The molecule has 2 heterocycles. The molecule has 0 atom stereocenters. The lowest BCUT2D eigenvalue weighted by Gasteiger charge is -2.01. The number of nitrogens with zero attached hydrogens (tertiary/aromatic N) is 2. The molecule has 0 amide bonds. The van der Waals surface area contributed by atoms with Crippen LogP contribution >= 0.6 is 11.6 Å². The number of rotatable bonds is 4. The first-order valence-corrected chi connectivity index (χ1v) is 6.20. The van der Waals surface area contributed by atoms with Crippen molar-refractivity contribution in [3.05, 3.63) is 40.1 Å². The third-order valence-electron chi connectivity index (χ3n) is 2.97. The molecule has 2 rings (SSSR count). The number of aromatic nitrogens is 2. The second-order valence-electron chi connectivity index (χ2n) is 4.19. The largest absolute Gasteiger partial charge is 0.469 e. The van der Waals surface area contributed by atoms with Gasteiger partial charge in [0.1, 0.15) is 10.9 Å². The average Bonchev–Trinajstić information content (AvgIpc) is 2.90. The second-order valence-corrected chi connectivity index (χ2v) is 4.55. The van der Waals surface area contributed by atoms with Crippen LogP contribution in [0.5, 0.6) is 0 Å². The minimum absolute atomic E-state index is 0.0126. The number of Topliss-reactive ketones (excluding diaryl/α,β-unsaturated/α-hetero) is 1. The highest BCUT2D eigenvalue weighted by Crippen LogP contribution is 2.22. The smallest absolute Gasteiger partial charge is 0.170 e. The molecule has 2 aromatic rings. The molecule has 18 heavy (non-hydrogen) atoms. The van der Waals surface area contributed by atoms with Crippen molar-refractivity contribution in [2.75, 3.05) is 0 Å². The molecule has 0 unspecified atom stereocenters. The van der Waals surface area contributed by atoms with E-state index in [-0.39, 0.29) is 12.2 Å². The predicted octanol–water partition coefficient (Wildman–Crippen LogP) is 2.96. The van der Waals surface area contributed by atoms with Gasteiger partial charge in [0.25, 0.3) is 0 Å². The maximum absolute atomic E-state index is 12.2. The SMILES string of the molecule is CCc1occc1C(=O)Cc1c(C)nn(C)c1Cl. The van der Waals surface area contributed by atoms with Crippen LogP contribution < -0.4 is 0 Å². The van der Waals surface area contributed by atoms with Gasteiger partial charge >= 0.3 is 0 Å². The summed E-state index contributed by atoms with van der Waals surface area (Å²) in [5, 5.41) is 4.71. The van der Waals surface area contributed by atoms with Crippen molar-refractivity contribution in [1.82, 2.24) is 9.78 Å². The molecule has 0 spiro atoms. The van der Waals surface area contributed by atoms with Gasteiger partial charge in [-0.05, 0) is 13.0 Å². The molecule has 0 aliphatic carbocycles. The lowest BCUT2D eigenvalue weighted by Crippen LogP contribution is -2.05. The van der Waals surface area contributed by atoms with E-state index in [1.807, 2.05) is 13.8 Å². The Kier molecular flexibility index (Phi) is 3.57. The van der Waals surface area contributed by atoms with Gasteiger partial charge in [0.15, 0.2) is 5.78 Å². The molecule has 0 aliphatic rings. The summed E-state index contributed by atoms with van der Waals surface area (Å²) in [6.45, 7) is 3.81. The van der Waals surface area contributed by atoms with Crippen LogP contribution in [0.2, 0.25) is 5.15 Å². The Bertz CT molecular complexity index is 584. The van der Waals surface area contributed by atoms with Crippen molar-refractivity contribution in [2.45, 2.75) is 26.7 Å². The average molecular weight is 267 g/mol. The van der Waals surface area contributed by atoms with Gasteiger partial charge in [0.2, 0.25) is 0 Å². The molecule has 4 nitrogen and oxygen atoms in total. The van der Waals surface area contributed by atoms with E-state index in [0.29, 0.717) is 17.1 Å². The molecule has 0 bridgehead atoms. The molecule has 0 saturated carbocycles. The molecule has 0 aromatic carbocycles. The van der Waals surface area contributed by atoms with E-state index in [1.165, 1.54) is 0 Å². The summed E-state index contributed by atoms with van der Waals surface area (Å²) in [5.74, 6) is 0.733. The summed E-state index contributed by atoms with van der Waals surface area (Å²) in [5.41, 5.74) is 2.21. The van der Waals surface area contributed by atoms with Crippen molar-refractivity contribution >= 4 is 17.4 Å². The fraction of sp³-hybridized carbons (Fsp3) is 0.385. The van der Waals surface area contributed by atoms with Crippen molar-refractivity contribution in [2.24, 2.45) is 7.05 Å². The number of hydrogen-bond acceptors (Lipinski definition) is 3. The maximum atomic E-state index is 12.2. The number of furan rings is 1. The Labute approximate surface area is 111 Å². The van der Waals surface area contributed by atoms with E-state index in [1.54, 1.807) is 24.1 Å². The van der Waals surface area contributed by atoms with Gasteiger partial charge in [0, 0.05) is 25.5 Å². The van der Waals surface area contributed by atoms with Gasteiger partial charge in [-0.1, -0.05) is 18.5 Å². The van der Waals surface area contributed by atoms with Crippen LogP contribution in [0.25, 0.3) is 0 Å². The zero-order chi connectivity index (χ0) is 13.3. The number of hydrogen-bond donors (Lipinski definition) is 0. The summed E-state index contributed by atoms with van der Waals surface area (Å²) < 4.78 is 6.84. The standard InChI is InChI=1S/C13H15ClN2O2/c1-4-12-9(5-6-18-12)11(17)7-10-8(2)15-16(3)13(10)14/h5-6H,4,7H2,1-3H3. The number of ketones is 1. The predicted molar refractivity (Wildman–Crippen MR) is 69.1 cm³/mol. The molecule has 5 heteroatoms. The van der Waals surface area contributed by atoms with Gasteiger partial charge in [-0.2, -0.15) is 5.10 Å². The van der Waals surface area contributed by atoms with E-state index in [4.69, 9.17) is 16.0 Å². The highest BCUT2D eigenvalue weighted by molar-refractivity contribution is 6.30. The number of aryl methyl sites for hydroxylation is 3. The first kappa shape index (κ1) is 12.9. The Morgan fingerprint density at radius 1 is 1.56 bits per heavy atom. The monoisotopic (exact) mass is 266 g/mol. The normalized spacial score (nSPS) is 10.9. The Morgan fingerprint density at radius 2 is 2.28 bits per heavy atom. The third-order valence-corrected chi connectivity index (χ3v) is 3.45. The fourth-order valence-electron chi connectivity index (χ4n) is 1.99. The quantitative estimate of drug-likeness (QED) is 0.800. The van der Waals surface area contributed by atoms with Gasteiger partial charge in [-0.25, -0.2) is 0 Å². The lowest BCUT2D eigenvalue weighted by molar-refractivity contribution is 0.0991. The number of halogens is 1. The van der Waals surface area contributed by atoms with Crippen LogP contribution in [0.1, 0.15) is 34.3 Å². The minimum Gasteiger partial charge on any atom is -0.469 e. The highest BCUT2D eigenvalue weighted by Gasteiger charge is 2.19. The molecule has 0 aliphatic heterocycles. The molecule has 96 valence electrons. The topological polar surface area (TPSA) is 48.0 Å². The first-order chi connectivity index (χ1) is 8.54. The van der Waals surface area contributed by atoms with Crippen LogP contribution in [-0.2, 0) is 19.9 Å². The molecular weight excluding hydrogens is 252 g/mol. The second kappa shape index (κ2) is 4.98. The Morgan fingerprint density at radius 3 is 2.83 bits per heavy atom. The lowest BCUT2D eigenvalue weighted by atomic mass is 10.0. The molecular formula is C13H15ClN2O2. The summed E-state index contributed by atoms with van der Waals surface area (Å²) in [6.07, 6.45) is 2.50. The van der Waals surface area contributed by atoms with Gasteiger partial charge < -0.3 is 4.42 Å². The Balaban J connectivity index is 2.27. The van der Waals surface area contributed by atoms with Gasteiger partial charge in [0.05, 0.1) is 17.5 Å². The van der Waals surface area contributed by atoms with Crippen LogP contribution in [-0.4, -0.2) is 15.6 Å². The summed E-state index contributed by atoms with van der Waals surface area (Å²) in [4.78, 5) is 12.2. The van der Waals surface area contributed by atoms with E-state index >= 15 is 0 Å². The fourth-order valence-corrected chi connectivity index (χ4v) is 2.23. The number of carbonyl (C=O) groups excluding carboxylic acids is 1. The van der Waals surface area contributed by atoms with Crippen molar-refractivity contribution in [3.8, 4) is 0 Å². The molecule has 0 saturated heterocycles. The summed E-state index contributed by atoms with van der Waals surface area (Å²) in [6, 6.07) is 1.71. The van der Waals surface area contributed by atoms with Crippen molar-refractivity contribution in [1.29, 1.82) is 0 Å². The van der Waals surface area contributed by atoms with Crippen molar-refractivity contribution in [3.63, 3.8) is 0 Å². The molecule has 0 radical (unpaired) electrons. The first-order valence-electron chi connectivity index (χ1n) is 5.82. The van der Waals surface area contributed by atoms with Gasteiger partial charge in [-0.3, -0.25) is 9.48 Å². The zero-order valence-electron chi connectivity index (χ0n) is 10.7. The molecule has 2 aromatic heterocycles.